The summed E-state index contributed by atoms with van der Waals surface area (Å²) in [6.45, 7) is 4.27. The monoisotopic (exact) mass is 378 g/mol. The van der Waals surface area contributed by atoms with Gasteiger partial charge in [0, 0.05) is 17.9 Å². The van der Waals surface area contributed by atoms with E-state index in [0.29, 0.717) is 25.2 Å². The lowest BCUT2D eigenvalue weighted by molar-refractivity contribution is -0.131. The molecule has 0 heterocycles. The molecule has 5 heteroatoms. The van der Waals surface area contributed by atoms with Crippen molar-refractivity contribution in [1.29, 1.82) is 0 Å². The summed E-state index contributed by atoms with van der Waals surface area (Å²) in [5.41, 5.74) is 0. The number of rotatable bonds is 13. The van der Waals surface area contributed by atoms with Crippen LogP contribution in [0.1, 0.15) is 71.6 Å². The van der Waals surface area contributed by atoms with Crippen molar-refractivity contribution in [2.24, 2.45) is 17.8 Å². The Labute approximate surface area is 162 Å². The Morgan fingerprint density at radius 2 is 1.96 bits per heavy atom. The summed E-state index contributed by atoms with van der Waals surface area (Å²) >= 11 is 0. The lowest BCUT2D eigenvalue weighted by Gasteiger charge is -2.16. The number of Topliss-reactive ketones (excluding diaryl/α,β-unsaturated/α-hetero) is 2. The Morgan fingerprint density at radius 1 is 1.22 bits per heavy atom. The van der Waals surface area contributed by atoms with E-state index in [0.717, 1.165) is 38.2 Å². The fraction of sp³-hybridized carbons (Fsp3) is 0.682. The number of aliphatic hydroxyl groups excluding tert-OH is 1. The smallest absolute Gasteiger partial charge is 0.327 e. The Balaban J connectivity index is 2.49. The molecule has 1 rings (SSSR count). The second kappa shape index (κ2) is 12.6. The molecule has 0 amide bonds. The summed E-state index contributed by atoms with van der Waals surface area (Å²) in [5, 5.41) is 18.7. The third kappa shape index (κ3) is 9.14. The molecule has 27 heavy (non-hydrogen) atoms. The van der Waals surface area contributed by atoms with E-state index in [9.17, 15) is 19.5 Å². The number of ketones is 2. The molecule has 0 aromatic heterocycles. The van der Waals surface area contributed by atoms with Crippen molar-refractivity contribution in [3.63, 3.8) is 0 Å². The average Bonchev–Trinajstić information content (AvgIpc) is 2.87. The Bertz CT molecular complexity index is 549. The summed E-state index contributed by atoms with van der Waals surface area (Å²) in [6.07, 6.45) is 12.4. The number of carboxylic acids is 1. The SMILES string of the molecule is CCCC[C@H](C)C[C@H](O)/C=C/[C@H]1C(=O)CC(=O)[C@@H]1CCCC/C=C/C(=O)O. The van der Waals surface area contributed by atoms with Gasteiger partial charge in [0.25, 0.3) is 0 Å². The van der Waals surface area contributed by atoms with Crippen molar-refractivity contribution in [3.05, 3.63) is 24.3 Å². The summed E-state index contributed by atoms with van der Waals surface area (Å²) in [6, 6.07) is 0. The number of carbonyl (C=O) groups is 3. The van der Waals surface area contributed by atoms with Crippen LogP contribution in [0.15, 0.2) is 24.3 Å². The van der Waals surface area contributed by atoms with Crippen LogP contribution in [-0.2, 0) is 14.4 Å². The highest BCUT2D eigenvalue weighted by Gasteiger charge is 2.39. The molecular formula is C22H34O5. The van der Waals surface area contributed by atoms with Gasteiger partial charge in [0.05, 0.1) is 12.5 Å². The molecule has 0 unspecified atom stereocenters. The van der Waals surface area contributed by atoms with Crippen molar-refractivity contribution in [1.82, 2.24) is 0 Å². The molecule has 0 aliphatic heterocycles. The number of unbranched alkanes of at least 4 members (excludes halogenated alkanes) is 3. The van der Waals surface area contributed by atoms with Crippen LogP contribution in [0.4, 0.5) is 0 Å². The standard InChI is InChI=1S/C22H34O5/c1-3-4-9-16(2)14-17(23)12-13-19-18(20(24)15-21(19)25)10-7-5-6-8-11-22(26)27/h8,11-13,16-19,23H,3-7,9-10,14-15H2,1-2H3,(H,26,27)/b11-8+,13-12+/t16-,17+,18+,19+/m0/s1. The number of hydrogen-bond donors (Lipinski definition) is 2. The molecule has 1 aliphatic rings. The minimum absolute atomic E-state index is 0.0123. The molecule has 4 atom stereocenters. The molecule has 0 radical (unpaired) electrons. The molecule has 5 nitrogen and oxygen atoms in total. The Kier molecular flexibility index (Phi) is 10.9. The van der Waals surface area contributed by atoms with Crippen LogP contribution in [0, 0.1) is 17.8 Å². The lowest BCUT2D eigenvalue weighted by Crippen LogP contribution is -2.17. The summed E-state index contributed by atoms with van der Waals surface area (Å²) in [4.78, 5) is 34.7. The summed E-state index contributed by atoms with van der Waals surface area (Å²) in [5.74, 6) is -1.33. The first-order valence-corrected chi connectivity index (χ1v) is 10.2. The van der Waals surface area contributed by atoms with Gasteiger partial charge < -0.3 is 10.2 Å². The van der Waals surface area contributed by atoms with Crippen LogP contribution in [0.5, 0.6) is 0 Å². The molecule has 0 saturated heterocycles. The minimum Gasteiger partial charge on any atom is -0.478 e. The fourth-order valence-electron chi connectivity index (χ4n) is 3.65. The first kappa shape index (κ1) is 23.3. The van der Waals surface area contributed by atoms with E-state index in [1.54, 1.807) is 18.2 Å². The van der Waals surface area contributed by atoms with Crippen LogP contribution in [0.2, 0.25) is 0 Å². The highest BCUT2D eigenvalue weighted by Crippen LogP contribution is 2.31. The predicted molar refractivity (Wildman–Crippen MR) is 105 cm³/mol. The van der Waals surface area contributed by atoms with Gasteiger partial charge in [0.1, 0.15) is 11.6 Å². The molecule has 0 spiro atoms. The largest absolute Gasteiger partial charge is 0.478 e. The summed E-state index contributed by atoms with van der Waals surface area (Å²) < 4.78 is 0. The molecule has 2 N–H and O–H groups in total. The first-order valence-electron chi connectivity index (χ1n) is 10.2. The van der Waals surface area contributed by atoms with E-state index < -0.39 is 18.0 Å². The second-order valence-corrected chi connectivity index (χ2v) is 7.70. The maximum atomic E-state index is 12.2. The van der Waals surface area contributed by atoms with Gasteiger partial charge in [0.15, 0.2) is 0 Å². The molecule has 152 valence electrons. The topological polar surface area (TPSA) is 91.7 Å². The van der Waals surface area contributed by atoms with Gasteiger partial charge in [-0.1, -0.05) is 57.8 Å². The van der Waals surface area contributed by atoms with E-state index >= 15 is 0 Å². The van der Waals surface area contributed by atoms with Gasteiger partial charge in [-0.15, -0.1) is 0 Å². The zero-order chi connectivity index (χ0) is 20.2. The first-order chi connectivity index (χ1) is 12.8. The zero-order valence-corrected chi connectivity index (χ0v) is 16.6. The maximum Gasteiger partial charge on any atom is 0.327 e. The highest BCUT2D eigenvalue weighted by molar-refractivity contribution is 6.09. The van der Waals surface area contributed by atoms with Gasteiger partial charge in [-0.25, -0.2) is 4.79 Å². The molecule has 1 fully saturated rings. The van der Waals surface area contributed by atoms with Crippen molar-refractivity contribution < 1.29 is 24.6 Å². The zero-order valence-electron chi connectivity index (χ0n) is 16.6. The highest BCUT2D eigenvalue weighted by atomic mass is 16.4. The van der Waals surface area contributed by atoms with Gasteiger partial charge in [-0.05, 0) is 31.6 Å². The van der Waals surface area contributed by atoms with Gasteiger partial charge >= 0.3 is 5.97 Å². The maximum absolute atomic E-state index is 12.2. The fourth-order valence-corrected chi connectivity index (χ4v) is 3.65. The van der Waals surface area contributed by atoms with E-state index in [4.69, 9.17) is 5.11 Å². The number of hydrogen-bond acceptors (Lipinski definition) is 4. The molecule has 0 bridgehead atoms. The predicted octanol–water partition coefficient (Wildman–Crippen LogP) is 4.10. The molecule has 1 aliphatic carbocycles. The van der Waals surface area contributed by atoms with Crippen molar-refractivity contribution >= 4 is 17.5 Å². The van der Waals surface area contributed by atoms with Crippen molar-refractivity contribution in [2.75, 3.05) is 0 Å². The van der Waals surface area contributed by atoms with Gasteiger partial charge in [0.2, 0.25) is 0 Å². The lowest BCUT2D eigenvalue weighted by atomic mass is 9.88. The van der Waals surface area contributed by atoms with E-state index in [1.165, 1.54) is 0 Å². The van der Waals surface area contributed by atoms with Crippen molar-refractivity contribution in [3.8, 4) is 0 Å². The van der Waals surface area contributed by atoms with Crippen molar-refractivity contribution in [2.45, 2.75) is 77.7 Å². The quantitative estimate of drug-likeness (QED) is 0.218. The minimum atomic E-state index is -0.959. The van der Waals surface area contributed by atoms with E-state index in [2.05, 4.69) is 13.8 Å². The average molecular weight is 379 g/mol. The van der Waals surface area contributed by atoms with Gasteiger partial charge in [-0.3, -0.25) is 9.59 Å². The normalized spacial score (nSPS) is 22.8. The number of allylic oxidation sites excluding steroid dienone is 2. The van der Waals surface area contributed by atoms with Gasteiger partial charge in [-0.2, -0.15) is 0 Å². The third-order valence-corrected chi connectivity index (χ3v) is 5.20. The van der Waals surface area contributed by atoms with Crippen LogP contribution in [0.25, 0.3) is 0 Å². The van der Waals surface area contributed by atoms with Crippen LogP contribution in [-0.4, -0.2) is 33.9 Å². The second-order valence-electron chi connectivity index (χ2n) is 7.70. The Hall–Kier alpha value is -1.75. The molecular weight excluding hydrogens is 344 g/mol. The molecule has 0 aromatic rings. The third-order valence-electron chi connectivity index (χ3n) is 5.20. The number of aliphatic carboxylic acids is 1. The van der Waals surface area contributed by atoms with E-state index in [1.807, 2.05) is 0 Å². The summed E-state index contributed by atoms with van der Waals surface area (Å²) in [7, 11) is 0. The Morgan fingerprint density at radius 3 is 2.63 bits per heavy atom. The van der Waals surface area contributed by atoms with Crippen LogP contribution in [0.3, 0.4) is 0 Å². The van der Waals surface area contributed by atoms with E-state index in [-0.39, 0.29) is 23.9 Å². The number of carbonyl (C=O) groups excluding carboxylic acids is 2. The molecule has 1 saturated carbocycles. The molecule has 0 aromatic carbocycles. The number of carboxylic acid groups (broad SMARTS) is 1. The van der Waals surface area contributed by atoms with Crippen LogP contribution < -0.4 is 0 Å². The van der Waals surface area contributed by atoms with Crippen LogP contribution >= 0.6 is 0 Å². The number of aliphatic hydroxyl groups is 1.